The Morgan fingerprint density at radius 3 is 2.39 bits per heavy atom. The molecule has 3 rings (SSSR count). The Balaban J connectivity index is 1.68. The minimum atomic E-state index is -3.51. The van der Waals surface area contributed by atoms with Crippen LogP contribution in [0.5, 0.6) is 0 Å². The topological polar surface area (TPSA) is 96.9 Å². The number of rotatable bonds is 7. The molecule has 0 aromatic carbocycles. The molecule has 0 saturated carbocycles. The number of thiophene rings is 1. The molecule has 2 N–H and O–H groups in total. The Kier molecular flexibility index (Phi) is 6.07. The number of aromatic nitrogens is 3. The number of pyridine rings is 1. The third kappa shape index (κ3) is 4.54. The van der Waals surface area contributed by atoms with Gasteiger partial charge in [-0.05, 0) is 45.9 Å². The van der Waals surface area contributed by atoms with Gasteiger partial charge >= 0.3 is 0 Å². The maximum absolute atomic E-state index is 12.5. The zero-order valence-corrected chi connectivity index (χ0v) is 17.9. The normalized spacial score (nSPS) is 11.6. The molecule has 0 amide bonds. The zero-order valence-electron chi connectivity index (χ0n) is 16.3. The molecule has 28 heavy (non-hydrogen) atoms. The Morgan fingerprint density at radius 2 is 1.75 bits per heavy atom. The van der Waals surface area contributed by atoms with Crippen molar-refractivity contribution in [2.24, 2.45) is 0 Å². The van der Waals surface area contributed by atoms with Gasteiger partial charge in [-0.3, -0.25) is 4.98 Å². The predicted molar refractivity (Wildman–Crippen MR) is 112 cm³/mol. The van der Waals surface area contributed by atoms with E-state index in [4.69, 9.17) is 0 Å². The largest absolute Gasteiger partial charge is 0.368 e. The van der Waals surface area contributed by atoms with Crippen molar-refractivity contribution in [3.63, 3.8) is 0 Å². The molecule has 7 nitrogen and oxygen atoms in total. The second-order valence-corrected chi connectivity index (χ2v) is 9.64. The van der Waals surface area contributed by atoms with Gasteiger partial charge in [0.2, 0.25) is 10.0 Å². The highest BCUT2D eigenvalue weighted by Crippen LogP contribution is 2.24. The van der Waals surface area contributed by atoms with Crippen molar-refractivity contribution in [3.05, 3.63) is 51.6 Å². The molecular formula is C19H23N5O2S2. The molecule has 9 heteroatoms. The fourth-order valence-electron chi connectivity index (χ4n) is 2.75. The molecule has 0 atom stereocenters. The van der Waals surface area contributed by atoms with E-state index in [-0.39, 0.29) is 6.54 Å². The van der Waals surface area contributed by atoms with E-state index in [0.29, 0.717) is 23.1 Å². The number of hydrogen-bond acceptors (Lipinski definition) is 7. The summed E-state index contributed by atoms with van der Waals surface area (Å²) in [6.07, 6.45) is 3.40. The van der Waals surface area contributed by atoms with Crippen molar-refractivity contribution in [2.75, 3.05) is 18.4 Å². The standard InChI is InChI=1S/C19H23N5O2S2/c1-12-11-17(15(4)27-12)28(25,26)22-10-9-21-18-13(2)14(3)23-19(24-18)16-5-7-20-8-6-16/h5-8,11,22H,9-10H2,1-4H3,(H,21,23,24). The average Bonchev–Trinajstić information content (AvgIpc) is 3.01. The molecule has 0 radical (unpaired) electrons. The molecule has 0 bridgehead atoms. The number of nitrogens with zero attached hydrogens (tertiary/aromatic N) is 3. The molecule has 0 aliphatic carbocycles. The van der Waals surface area contributed by atoms with Crippen LogP contribution in [-0.4, -0.2) is 36.5 Å². The molecule has 0 fully saturated rings. The molecule has 0 saturated heterocycles. The van der Waals surface area contributed by atoms with Crippen LogP contribution in [-0.2, 0) is 10.0 Å². The van der Waals surface area contributed by atoms with E-state index in [0.717, 1.165) is 26.6 Å². The van der Waals surface area contributed by atoms with Crippen molar-refractivity contribution >= 4 is 27.2 Å². The summed E-state index contributed by atoms with van der Waals surface area (Å²) in [5.41, 5.74) is 2.68. The van der Waals surface area contributed by atoms with E-state index in [9.17, 15) is 8.42 Å². The van der Waals surface area contributed by atoms with Crippen LogP contribution >= 0.6 is 11.3 Å². The minimum absolute atomic E-state index is 0.254. The summed E-state index contributed by atoms with van der Waals surface area (Å²) >= 11 is 1.48. The van der Waals surface area contributed by atoms with Crippen LogP contribution in [0.4, 0.5) is 5.82 Å². The van der Waals surface area contributed by atoms with Crippen molar-refractivity contribution in [3.8, 4) is 11.4 Å². The molecule has 3 aromatic heterocycles. The van der Waals surface area contributed by atoms with E-state index >= 15 is 0 Å². The molecule has 0 aliphatic rings. The second-order valence-electron chi connectivity index (χ2n) is 6.44. The summed E-state index contributed by atoms with van der Waals surface area (Å²) in [6, 6.07) is 5.41. The first-order valence-corrected chi connectivity index (χ1v) is 11.1. The fourth-order valence-corrected chi connectivity index (χ4v) is 5.33. The van der Waals surface area contributed by atoms with Gasteiger partial charge in [-0.25, -0.2) is 23.1 Å². The number of hydrogen-bond donors (Lipinski definition) is 2. The fraction of sp³-hybridized carbons (Fsp3) is 0.316. The van der Waals surface area contributed by atoms with Gasteiger partial charge in [-0.2, -0.15) is 0 Å². The lowest BCUT2D eigenvalue weighted by atomic mass is 10.2. The van der Waals surface area contributed by atoms with Crippen molar-refractivity contribution in [2.45, 2.75) is 32.6 Å². The number of anilines is 1. The van der Waals surface area contributed by atoms with Crippen molar-refractivity contribution in [1.82, 2.24) is 19.7 Å². The Labute approximate surface area is 169 Å². The van der Waals surface area contributed by atoms with Crippen molar-refractivity contribution in [1.29, 1.82) is 0 Å². The van der Waals surface area contributed by atoms with Crippen molar-refractivity contribution < 1.29 is 8.42 Å². The van der Waals surface area contributed by atoms with Gasteiger partial charge in [0.25, 0.3) is 0 Å². The lowest BCUT2D eigenvalue weighted by Crippen LogP contribution is -2.29. The van der Waals surface area contributed by atoms with E-state index in [1.54, 1.807) is 18.5 Å². The smallest absolute Gasteiger partial charge is 0.241 e. The summed E-state index contributed by atoms with van der Waals surface area (Å²) in [4.78, 5) is 15.3. The Morgan fingerprint density at radius 1 is 1.04 bits per heavy atom. The maximum atomic E-state index is 12.5. The molecule has 148 valence electrons. The third-order valence-electron chi connectivity index (χ3n) is 4.32. The molecule has 3 aromatic rings. The van der Waals surface area contributed by atoms with Gasteiger partial charge in [0.1, 0.15) is 5.82 Å². The Hall–Kier alpha value is -2.36. The van der Waals surface area contributed by atoms with Gasteiger partial charge in [-0.1, -0.05) is 0 Å². The highest BCUT2D eigenvalue weighted by molar-refractivity contribution is 7.89. The minimum Gasteiger partial charge on any atom is -0.368 e. The van der Waals surface area contributed by atoms with Crippen LogP contribution in [0.2, 0.25) is 0 Å². The molecule has 0 spiro atoms. The second kappa shape index (κ2) is 8.34. The predicted octanol–water partition coefficient (Wildman–Crippen LogP) is 3.22. The van der Waals surface area contributed by atoms with Crippen LogP contribution in [0.3, 0.4) is 0 Å². The Bertz CT molecular complexity index is 1080. The molecule has 0 aliphatic heterocycles. The summed E-state index contributed by atoms with van der Waals surface area (Å²) in [6.45, 7) is 8.25. The maximum Gasteiger partial charge on any atom is 0.241 e. The average molecular weight is 418 g/mol. The van der Waals surface area contributed by atoms with E-state index < -0.39 is 10.0 Å². The van der Waals surface area contributed by atoms with Gasteiger partial charge < -0.3 is 5.32 Å². The van der Waals surface area contributed by atoms with E-state index in [1.807, 2.05) is 39.8 Å². The molecule has 0 unspecified atom stereocenters. The lowest BCUT2D eigenvalue weighted by Gasteiger charge is -2.13. The van der Waals surface area contributed by atoms with Crippen LogP contribution in [0.1, 0.15) is 21.0 Å². The van der Waals surface area contributed by atoms with E-state index in [1.165, 1.54) is 11.3 Å². The quantitative estimate of drug-likeness (QED) is 0.573. The highest BCUT2D eigenvalue weighted by Gasteiger charge is 2.18. The zero-order chi connectivity index (χ0) is 20.3. The lowest BCUT2D eigenvalue weighted by molar-refractivity contribution is 0.582. The first kappa shape index (κ1) is 20.4. The monoisotopic (exact) mass is 417 g/mol. The van der Waals surface area contributed by atoms with Crippen LogP contribution in [0.25, 0.3) is 11.4 Å². The van der Waals surface area contributed by atoms with Crippen LogP contribution < -0.4 is 10.0 Å². The summed E-state index contributed by atoms with van der Waals surface area (Å²) in [5, 5.41) is 3.22. The number of nitrogens with one attached hydrogen (secondary N) is 2. The number of sulfonamides is 1. The van der Waals surface area contributed by atoms with E-state index in [2.05, 4.69) is 25.0 Å². The summed E-state index contributed by atoms with van der Waals surface area (Å²) in [7, 11) is -3.51. The SMILES string of the molecule is Cc1cc(S(=O)(=O)NCCNc2nc(-c3ccncc3)nc(C)c2C)c(C)s1. The van der Waals surface area contributed by atoms with Gasteiger partial charge in [0, 0.05) is 52.1 Å². The molecule has 3 heterocycles. The van der Waals surface area contributed by atoms with Crippen LogP contribution in [0.15, 0.2) is 35.5 Å². The highest BCUT2D eigenvalue weighted by atomic mass is 32.2. The van der Waals surface area contributed by atoms with Gasteiger partial charge in [0.15, 0.2) is 5.82 Å². The third-order valence-corrected chi connectivity index (χ3v) is 7.00. The van der Waals surface area contributed by atoms with Gasteiger partial charge in [-0.15, -0.1) is 11.3 Å². The first-order valence-electron chi connectivity index (χ1n) is 8.84. The number of aryl methyl sites for hydroxylation is 3. The molecular weight excluding hydrogens is 394 g/mol. The summed E-state index contributed by atoms with van der Waals surface area (Å²) in [5.74, 6) is 1.30. The van der Waals surface area contributed by atoms with Gasteiger partial charge in [0.05, 0.1) is 4.90 Å². The van der Waals surface area contributed by atoms with Crippen LogP contribution in [0, 0.1) is 27.7 Å². The summed E-state index contributed by atoms with van der Waals surface area (Å²) < 4.78 is 27.6. The first-order chi connectivity index (χ1) is 13.3.